The van der Waals surface area contributed by atoms with Gasteiger partial charge in [0.2, 0.25) is 0 Å². The third-order valence-corrected chi connectivity index (χ3v) is 18.2. The number of aliphatic hydroxyl groups is 7. The third kappa shape index (κ3) is 5.97. The standard InChI is InChI=1S/C44H70O14/c1-22-30(48)35(58-36-33(51)32(50)31(49)24(56-36)19-53-23(2)46)34(52)37(55-22)57-29-11-12-39(5)25(40(29,6)20-45)9-13-41(7)26(39)10-14-44-27-17-38(3,4)15-16-43(27,21-54-44)28(47)18-42(41,44)8/h10,14,22,24-37,45,47-52H,9,11-13,15-21H2,1-8H3/t22-,24-,25-,26-,27-,28+,29+,30+,31-,32+,33-,34-,35+,36+,37+,39+,40+,41-,42+,43?,44?/m1/s1. The average molecular weight is 823 g/mol. The second kappa shape index (κ2) is 14.4. The first-order valence-electron chi connectivity index (χ1n) is 21.8. The zero-order valence-electron chi connectivity index (χ0n) is 35.6. The Morgan fingerprint density at radius 3 is 2.19 bits per heavy atom. The van der Waals surface area contributed by atoms with Gasteiger partial charge in [0.25, 0.3) is 0 Å². The van der Waals surface area contributed by atoms with Crippen molar-refractivity contribution < 1.29 is 69.0 Å². The average Bonchev–Trinajstić information content (AvgIpc) is 3.44. The molecule has 14 nitrogen and oxygen atoms in total. The molecule has 7 N–H and O–H groups in total. The van der Waals surface area contributed by atoms with Crippen LogP contribution in [0.5, 0.6) is 0 Å². The molecule has 1 spiro atoms. The SMILES string of the molecule is CC(=O)OC[C@H]1O[C@@H](O[C@H]2[C@@H](O)[C@@H](C)O[C@@H](O[C@H]3CC[C@@]4(C)[C@@H](CC[C@]5(C)[C@@H]4C=CC46OCC7(CCC(C)(C)C[C@H]74)[C@@H](O)C[C@]65C)[C@]3(C)CO)[C@@H]2O)[C@H](O)[C@@H](O)[C@@H]1O. The van der Waals surface area contributed by atoms with E-state index in [1.807, 2.05) is 0 Å². The van der Waals surface area contributed by atoms with Gasteiger partial charge in [-0.3, -0.25) is 4.79 Å². The molecular weight excluding hydrogens is 752 g/mol. The van der Waals surface area contributed by atoms with Gasteiger partial charge in [0, 0.05) is 29.1 Å². The van der Waals surface area contributed by atoms with Crippen LogP contribution < -0.4 is 0 Å². The summed E-state index contributed by atoms with van der Waals surface area (Å²) in [5.74, 6) is -0.223. The highest BCUT2D eigenvalue weighted by molar-refractivity contribution is 5.65. The van der Waals surface area contributed by atoms with Crippen molar-refractivity contribution in [2.24, 2.45) is 50.2 Å². The molecule has 0 aromatic rings. The summed E-state index contributed by atoms with van der Waals surface area (Å²) in [5, 5.41) is 78.2. The van der Waals surface area contributed by atoms with Crippen LogP contribution >= 0.6 is 0 Å². The molecule has 8 rings (SSSR count). The fourth-order valence-corrected chi connectivity index (χ4v) is 14.5. The summed E-state index contributed by atoms with van der Waals surface area (Å²) in [6.45, 7) is 16.8. The summed E-state index contributed by atoms with van der Waals surface area (Å²) in [5.41, 5.74) is -1.98. The van der Waals surface area contributed by atoms with Crippen LogP contribution in [0, 0.1) is 50.2 Å². The number of hydrogen-bond donors (Lipinski definition) is 7. The zero-order chi connectivity index (χ0) is 42.2. The quantitative estimate of drug-likeness (QED) is 0.112. The van der Waals surface area contributed by atoms with Gasteiger partial charge in [0.05, 0.1) is 37.1 Å². The molecule has 21 atom stereocenters. The van der Waals surface area contributed by atoms with Gasteiger partial charge in [-0.2, -0.15) is 0 Å². The lowest BCUT2D eigenvalue weighted by Crippen LogP contribution is -2.72. The third-order valence-electron chi connectivity index (χ3n) is 18.2. The Hall–Kier alpha value is -1.27. The van der Waals surface area contributed by atoms with Crippen molar-refractivity contribution in [2.45, 2.75) is 186 Å². The molecule has 2 unspecified atom stereocenters. The van der Waals surface area contributed by atoms with E-state index in [9.17, 15) is 40.5 Å². The molecule has 4 saturated carbocycles. The monoisotopic (exact) mass is 822 g/mol. The smallest absolute Gasteiger partial charge is 0.302 e. The van der Waals surface area contributed by atoms with Crippen LogP contribution in [0.4, 0.5) is 0 Å². The Morgan fingerprint density at radius 1 is 0.793 bits per heavy atom. The lowest BCUT2D eigenvalue weighted by Gasteiger charge is -2.73. The van der Waals surface area contributed by atoms with E-state index in [1.165, 1.54) is 6.92 Å². The lowest BCUT2D eigenvalue weighted by molar-refractivity contribution is -0.367. The van der Waals surface area contributed by atoms with Crippen LogP contribution in [0.3, 0.4) is 0 Å². The summed E-state index contributed by atoms with van der Waals surface area (Å²) in [6, 6.07) is 0. The van der Waals surface area contributed by atoms with E-state index >= 15 is 0 Å². The van der Waals surface area contributed by atoms with Gasteiger partial charge in [0.1, 0.15) is 49.3 Å². The molecule has 7 fully saturated rings. The second-order valence-electron chi connectivity index (χ2n) is 21.6. The highest BCUT2D eigenvalue weighted by Crippen LogP contribution is 2.79. The normalized spacial score (nSPS) is 57.1. The Morgan fingerprint density at radius 2 is 1.50 bits per heavy atom. The zero-order valence-corrected chi connectivity index (χ0v) is 35.6. The van der Waals surface area contributed by atoms with Gasteiger partial charge in [-0.05, 0) is 86.4 Å². The summed E-state index contributed by atoms with van der Waals surface area (Å²) >= 11 is 0. The van der Waals surface area contributed by atoms with E-state index in [0.29, 0.717) is 19.4 Å². The summed E-state index contributed by atoms with van der Waals surface area (Å²) in [6.07, 6.45) is -3.78. The van der Waals surface area contributed by atoms with Crippen LogP contribution in [0.1, 0.15) is 107 Å². The van der Waals surface area contributed by atoms with Crippen molar-refractivity contribution in [2.75, 3.05) is 19.8 Å². The number of allylic oxidation sites excluding steroid dienone is 1. The highest BCUT2D eigenvalue weighted by Gasteiger charge is 2.79. The maximum absolute atomic E-state index is 12.2. The number of hydrogen-bond acceptors (Lipinski definition) is 14. The van der Waals surface area contributed by atoms with Gasteiger partial charge in [-0.25, -0.2) is 0 Å². The largest absolute Gasteiger partial charge is 0.463 e. The minimum Gasteiger partial charge on any atom is -0.463 e. The molecular formula is C44H70O14. The molecule has 3 saturated heterocycles. The van der Waals surface area contributed by atoms with Gasteiger partial charge >= 0.3 is 5.97 Å². The van der Waals surface area contributed by atoms with Crippen LogP contribution in [-0.4, -0.2) is 141 Å². The van der Waals surface area contributed by atoms with E-state index in [2.05, 4.69) is 53.7 Å². The van der Waals surface area contributed by atoms with Crippen molar-refractivity contribution >= 4 is 5.97 Å². The van der Waals surface area contributed by atoms with Crippen LogP contribution in [0.25, 0.3) is 0 Å². The van der Waals surface area contributed by atoms with Gasteiger partial charge in [0.15, 0.2) is 12.6 Å². The van der Waals surface area contributed by atoms with Crippen LogP contribution in [0.15, 0.2) is 12.2 Å². The summed E-state index contributed by atoms with van der Waals surface area (Å²) < 4.78 is 36.5. The predicted octanol–water partition coefficient (Wildman–Crippen LogP) is 2.35. The van der Waals surface area contributed by atoms with Crippen molar-refractivity contribution in [1.82, 2.24) is 0 Å². The maximum atomic E-state index is 12.2. The first-order valence-corrected chi connectivity index (χ1v) is 21.8. The number of ether oxygens (including phenoxy) is 6. The van der Waals surface area contributed by atoms with Crippen molar-refractivity contribution in [3.63, 3.8) is 0 Å². The molecule has 0 aromatic carbocycles. The van der Waals surface area contributed by atoms with E-state index in [-0.39, 0.29) is 51.4 Å². The molecule has 14 heteroatoms. The molecule has 2 bridgehead atoms. The Labute approximate surface area is 342 Å². The lowest BCUT2D eigenvalue weighted by atomic mass is 9.32. The first-order chi connectivity index (χ1) is 27.0. The first kappa shape index (κ1) is 43.4. The highest BCUT2D eigenvalue weighted by atomic mass is 16.7. The number of carbonyl (C=O) groups is 1. The Kier molecular flexibility index (Phi) is 10.8. The topological polar surface area (TPSA) is 214 Å². The molecule has 58 heavy (non-hydrogen) atoms. The van der Waals surface area contributed by atoms with E-state index in [0.717, 1.165) is 38.5 Å². The van der Waals surface area contributed by atoms with E-state index in [1.54, 1.807) is 6.92 Å². The van der Waals surface area contributed by atoms with Crippen molar-refractivity contribution in [3.05, 3.63) is 12.2 Å². The molecule has 0 radical (unpaired) electrons. The number of esters is 1. The number of aliphatic hydroxyl groups excluding tert-OH is 7. The molecule has 5 aliphatic carbocycles. The van der Waals surface area contributed by atoms with Gasteiger partial charge in [-0.1, -0.05) is 53.7 Å². The maximum Gasteiger partial charge on any atom is 0.302 e. The number of rotatable bonds is 7. The minimum atomic E-state index is -1.76. The molecule has 3 aliphatic heterocycles. The fraction of sp³-hybridized carbons (Fsp3) is 0.932. The van der Waals surface area contributed by atoms with Gasteiger partial charge < -0.3 is 64.2 Å². The second-order valence-corrected chi connectivity index (χ2v) is 21.6. The number of carbonyl (C=O) groups excluding carboxylic acids is 1. The Balaban J connectivity index is 1.03. The number of fused-ring (bicyclic) bond motifs is 4. The minimum absolute atomic E-state index is 0.0264. The van der Waals surface area contributed by atoms with Gasteiger partial charge in [-0.15, -0.1) is 0 Å². The van der Waals surface area contributed by atoms with Crippen LogP contribution in [-0.2, 0) is 33.2 Å². The molecule has 0 aromatic heterocycles. The molecule has 8 aliphatic rings. The van der Waals surface area contributed by atoms with Crippen LogP contribution in [0.2, 0.25) is 0 Å². The summed E-state index contributed by atoms with van der Waals surface area (Å²) in [7, 11) is 0. The predicted molar refractivity (Wildman–Crippen MR) is 206 cm³/mol. The molecule has 3 heterocycles. The van der Waals surface area contributed by atoms with Crippen molar-refractivity contribution in [1.29, 1.82) is 0 Å². The molecule has 330 valence electrons. The van der Waals surface area contributed by atoms with Crippen molar-refractivity contribution in [3.8, 4) is 0 Å². The summed E-state index contributed by atoms with van der Waals surface area (Å²) in [4.78, 5) is 11.4. The fourth-order valence-electron chi connectivity index (χ4n) is 14.5. The van der Waals surface area contributed by atoms with E-state index < -0.39 is 97.2 Å². The van der Waals surface area contributed by atoms with E-state index in [4.69, 9.17) is 28.4 Å². The molecule has 0 amide bonds. The Bertz CT molecular complexity index is 1610.